The molecule has 9 heteroatoms. The maximum absolute atomic E-state index is 13.7. The van der Waals surface area contributed by atoms with Gasteiger partial charge in [-0.05, 0) is 62.9 Å². The van der Waals surface area contributed by atoms with Crippen molar-refractivity contribution in [1.29, 1.82) is 0 Å². The molecule has 1 atom stereocenters. The number of tetrazole rings is 1. The zero-order chi connectivity index (χ0) is 24.2. The molecule has 9 nitrogen and oxygen atoms in total. The number of carbonyl (C=O) groups is 1. The average Bonchev–Trinajstić information content (AvgIpc) is 3.65. The molecule has 1 amide bonds. The number of aromatic nitrogens is 4. The lowest BCUT2D eigenvalue weighted by Gasteiger charge is -2.40. The number of ether oxygens (including phenoxy) is 2. The Morgan fingerprint density at radius 2 is 1.89 bits per heavy atom. The van der Waals surface area contributed by atoms with Gasteiger partial charge >= 0.3 is 0 Å². The zero-order valence-corrected chi connectivity index (χ0v) is 20.8. The van der Waals surface area contributed by atoms with E-state index in [4.69, 9.17) is 9.47 Å². The van der Waals surface area contributed by atoms with Gasteiger partial charge in [-0.15, -0.1) is 10.2 Å². The van der Waals surface area contributed by atoms with Crippen LogP contribution in [0.25, 0.3) is 11.4 Å². The fraction of sp³-hybridized carbons (Fsp3) is 0.615. The second-order valence-corrected chi connectivity index (χ2v) is 9.85. The molecule has 0 bridgehead atoms. The minimum Gasteiger partial charge on any atom is -0.454 e. The number of benzene rings is 1. The van der Waals surface area contributed by atoms with Gasteiger partial charge in [0.25, 0.3) is 0 Å². The van der Waals surface area contributed by atoms with E-state index in [2.05, 4.69) is 45.6 Å². The summed E-state index contributed by atoms with van der Waals surface area (Å²) in [6.45, 7) is 4.50. The molecule has 0 saturated heterocycles. The molecule has 2 aromatic rings. The summed E-state index contributed by atoms with van der Waals surface area (Å²) in [6.07, 6.45) is 12.8. The maximum atomic E-state index is 13.7. The molecule has 188 valence electrons. The van der Waals surface area contributed by atoms with E-state index < -0.39 is 0 Å². The molecule has 1 unspecified atom stereocenters. The Morgan fingerprint density at radius 1 is 1.14 bits per heavy atom. The maximum Gasteiger partial charge on any atom is 0.247 e. The number of amides is 1. The minimum atomic E-state index is -0.0203. The van der Waals surface area contributed by atoms with Crippen LogP contribution in [-0.2, 0) is 11.3 Å². The smallest absolute Gasteiger partial charge is 0.247 e. The van der Waals surface area contributed by atoms with Crippen LogP contribution >= 0.6 is 0 Å². The highest BCUT2D eigenvalue weighted by Crippen LogP contribution is 2.35. The normalized spacial score (nSPS) is 19.7. The second-order valence-electron chi connectivity index (χ2n) is 9.85. The minimum absolute atomic E-state index is 0.0203. The van der Waals surface area contributed by atoms with Crippen LogP contribution in [0.15, 0.2) is 30.0 Å². The second kappa shape index (κ2) is 10.7. The summed E-state index contributed by atoms with van der Waals surface area (Å²) in [7, 11) is 0. The third-order valence-electron chi connectivity index (χ3n) is 7.52. The SMILES string of the molecule is C/C=C(\NC1CCCC1)C(C)N(C(=O)Cn1nnc(-c2ccc3c(c2)OCO3)n1)C1CCCCC1. The third-order valence-corrected chi connectivity index (χ3v) is 7.52. The molecule has 1 aromatic heterocycles. The molecular weight excluding hydrogens is 444 g/mol. The van der Waals surface area contributed by atoms with Crippen LogP contribution in [0.5, 0.6) is 11.5 Å². The largest absolute Gasteiger partial charge is 0.454 e. The van der Waals surface area contributed by atoms with Crippen LogP contribution in [0.2, 0.25) is 0 Å². The van der Waals surface area contributed by atoms with E-state index in [9.17, 15) is 4.79 Å². The van der Waals surface area contributed by atoms with E-state index >= 15 is 0 Å². The van der Waals surface area contributed by atoms with E-state index in [-0.39, 0.29) is 31.3 Å². The Morgan fingerprint density at radius 3 is 2.66 bits per heavy atom. The summed E-state index contributed by atoms with van der Waals surface area (Å²) < 4.78 is 10.8. The number of nitrogens with zero attached hydrogens (tertiary/aromatic N) is 5. The Kier molecular flexibility index (Phi) is 7.20. The first-order chi connectivity index (χ1) is 17.1. The zero-order valence-electron chi connectivity index (χ0n) is 20.8. The van der Waals surface area contributed by atoms with Crippen molar-refractivity contribution in [2.24, 2.45) is 0 Å². The summed E-state index contributed by atoms with van der Waals surface area (Å²) >= 11 is 0. The van der Waals surface area contributed by atoms with Gasteiger partial charge in [0, 0.05) is 23.3 Å². The van der Waals surface area contributed by atoms with Gasteiger partial charge < -0.3 is 19.7 Å². The Balaban J connectivity index is 1.32. The molecule has 2 heterocycles. The highest BCUT2D eigenvalue weighted by Gasteiger charge is 2.32. The van der Waals surface area contributed by atoms with Gasteiger partial charge in [0.2, 0.25) is 18.5 Å². The van der Waals surface area contributed by atoms with Crippen molar-refractivity contribution in [3.05, 3.63) is 30.0 Å². The highest BCUT2D eigenvalue weighted by molar-refractivity contribution is 5.77. The molecule has 2 fully saturated rings. The van der Waals surface area contributed by atoms with Gasteiger partial charge in [0.15, 0.2) is 11.5 Å². The molecule has 1 aromatic carbocycles. The fourth-order valence-corrected chi connectivity index (χ4v) is 5.66. The topological polar surface area (TPSA) is 94.4 Å². The molecule has 2 saturated carbocycles. The molecule has 0 radical (unpaired) electrons. The van der Waals surface area contributed by atoms with E-state index in [1.54, 1.807) is 0 Å². The fourth-order valence-electron chi connectivity index (χ4n) is 5.66. The summed E-state index contributed by atoms with van der Waals surface area (Å²) in [5, 5.41) is 16.6. The number of allylic oxidation sites excluding steroid dienone is 1. The van der Waals surface area contributed by atoms with Crippen LogP contribution in [0, 0.1) is 0 Å². The monoisotopic (exact) mass is 480 g/mol. The van der Waals surface area contributed by atoms with Crippen LogP contribution in [0.4, 0.5) is 0 Å². The molecule has 35 heavy (non-hydrogen) atoms. The molecule has 2 aliphatic carbocycles. The Bertz CT molecular complexity index is 1060. The van der Waals surface area contributed by atoms with E-state index in [1.165, 1.54) is 36.9 Å². The summed E-state index contributed by atoms with van der Waals surface area (Å²) in [5.74, 6) is 1.87. The number of rotatable bonds is 8. The summed E-state index contributed by atoms with van der Waals surface area (Å²) in [4.78, 5) is 17.2. The van der Waals surface area contributed by atoms with E-state index in [0.29, 0.717) is 23.4 Å². The van der Waals surface area contributed by atoms with Gasteiger partial charge in [-0.25, -0.2) is 0 Å². The molecular formula is C26H36N6O3. The first kappa shape index (κ1) is 23.6. The lowest BCUT2D eigenvalue weighted by molar-refractivity contribution is -0.137. The lowest BCUT2D eigenvalue weighted by atomic mass is 9.92. The van der Waals surface area contributed by atoms with Gasteiger partial charge in [0.1, 0.15) is 6.54 Å². The molecule has 5 rings (SSSR count). The molecule has 1 aliphatic heterocycles. The molecule has 0 spiro atoms. The average molecular weight is 481 g/mol. The van der Waals surface area contributed by atoms with Crippen molar-refractivity contribution >= 4 is 5.91 Å². The Labute approximate surface area is 206 Å². The highest BCUT2D eigenvalue weighted by atomic mass is 16.7. The van der Waals surface area contributed by atoms with Crippen molar-refractivity contribution in [2.45, 2.75) is 96.3 Å². The predicted octanol–water partition coefficient (Wildman–Crippen LogP) is 4.05. The Hall–Kier alpha value is -3.10. The van der Waals surface area contributed by atoms with Crippen LogP contribution in [-0.4, -0.2) is 55.9 Å². The van der Waals surface area contributed by atoms with Crippen molar-refractivity contribution in [3.63, 3.8) is 0 Å². The van der Waals surface area contributed by atoms with E-state index in [0.717, 1.165) is 36.9 Å². The van der Waals surface area contributed by atoms with Gasteiger partial charge in [0.05, 0.1) is 6.04 Å². The first-order valence-electron chi connectivity index (χ1n) is 13.0. The number of nitrogens with one attached hydrogen (secondary N) is 1. The van der Waals surface area contributed by atoms with Crippen LogP contribution in [0.1, 0.15) is 71.6 Å². The van der Waals surface area contributed by atoms with Crippen LogP contribution in [0.3, 0.4) is 0 Å². The van der Waals surface area contributed by atoms with Gasteiger partial charge in [-0.3, -0.25) is 4.79 Å². The standard InChI is InChI=1S/C26H36N6O3/c1-3-22(27-20-9-7-8-10-20)18(2)32(21-11-5-4-6-12-21)25(33)16-31-29-26(28-30-31)19-13-14-23-24(15-19)35-17-34-23/h3,13-15,18,20-21,27H,4-12,16-17H2,1-2H3/b22-3-. The number of hydrogen-bond donors (Lipinski definition) is 1. The number of carbonyl (C=O) groups excluding carboxylic acids is 1. The molecule has 3 aliphatic rings. The van der Waals surface area contributed by atoms with Crippen molar-refractivity contribution in [2.75, 3.05) is 6.79 Å². The van der Waals surface area contributed by atoms with Crippen molar-refractivity contribution < 1.29 is 14.3 Å². The van der Waals surface area contributed by atoms with Gasteiger partial charge in [-0.2, -0.15) is 4.80 Å². The van der Waals surface area contributed by atoms with Gasteiger partial charge in [-0.1, -0.05) is 38.2 Å². The third kappa shape index (κ3) is 5.28. The number of hydrogen-bond acceptors (Lipinski definition) is 7. The quantitative estimate of drug-likeness (QED) is 0.609. The number of fused-ring (bicyclic) bond motifs is 1. The van der Waals surface area contributed by atoms with Crippen LogP contribution < -0.4 is 14.8 Å². The predicted molar refractivity (Wildman–Crippen MR) is 132 cm³/mol. The summed E-state index contributed by atoms with van der Waals surface area (Å²) in [6, 6.07) is 6.28. The summed E-state index contributed by atoms with van der Waals surface area (Å²) in [5.41, 5.74) is 1.92. The van der Waals surface area contributed by atoms with Crippen molar-refractivity contribution in [1.82, 2.24) is 30.4 Å². The van der Waals surface area contributed by atoms with Crippen molar-refractivity contribution in [3.8, 4) is 22.9 Å². The first-order valence-corrected chi connectivity index (χ1v) is 13.0. The molecule has 1 N–H and O–H groups in total. The van der Waals surface area contributed by atoms with E-state index in [1.807, 2.05) is 18.2 Å². The lowest BCUT2D eigenvalue weighted by Crippen LogP contribution is -2.51.